The predicted molar refractivity (Wildman–Crippen MR) is 48.1 cm³/mol. The first-order valence-electron chi connectivity index (χ1n) is 4.62. The second-order valence-electron chi connectivity index (χ2n) is 4.09. The summed E-state index contributed by atoms with van der Waals surface area (Å²) in [5.74, 6) is 0.0488. The molecule has 2 atom stereocenters. The lowest BCUT2D eigenvalue weighted by molar-refractivity contribution is -0.159. The molecule has 1 saturated carbocycles. The third kappa shape index (κ3) is 1.74. The van der Waals surface area contributed by atoms with Gasteiger partial charge in [-0.1, -0.05) is 6.92 Å². The Labute approximate surface area is 78.5 Å². The van der Waals surface area contributed by atoms with E-state index in [0.29, 0.717) is 18.8 Å². The van der Waals surface area contributed by atoms with Gasteiger partial charge in [0, 0.05) is 6.42 Å². The lowest BCUT2D eigenvalue weighted by Gasteiger charge is -2.31. The van der Waals surface area contributed by atoms with E-state index in [9.17, 15) is 9.59 Å². The van der Waals surface area contributed by atoms with Crippen LogP contribution in [0, 0.1) is 11.3 Å². The topological polar surface area (TPSA) is 43.4 Å². The zero-order chi connectivity index (χ0) is 10.1. The average molecular weight is 184 g/mol. The molecule has 0 heterocycles. The molecule has 0 aromatic heterocycles. The van der Waals surface area contributed by atoms with E-state index in [2.05, 4.69) is 4.74 Å². The minimum Gasteiger partial charge on any atom is -0.468 e. The normalized spacial score (nSPS) is 34.4. The van der Waals surface area contributed by atoms with Crippen molar-refractivity contribution in [3.63, 3.8) is 0 Å². The summed E-state index contributed by atoms with van der Waals surface area (Å²) in [6.07, 6.45) is 2.06. The number of Topliss-reactive ketones (excluding diaryl/α,β-unsaturated/α-hetero) is 1. The van der Waals surface area contributed by atoms with E-state index in [1.165, 1.54) is 7.11 Å². The summed E-state index contributed by atoms with van der Waals surface area (Å²) in [6.45, 7) is 3.72. The molecule has 1 rings (SSSR count). The summed E-state index contributed by atoms with van der Waals surface area (Å²) in [4.78, 5) is 23.0. The lowest BCUT2D eigenvalue weighted by Crippen LogP contribution is -2.41. The Morgan fingerprint density at radius 2 is 2.23 bits per heavy atom. The Morgan fingerprint density at radius 1 is 1.62 bits per heavy atom. The van der Waals surface area contributed by atoms with Gasteiger partial charge >= 0.3 is 5.97 Å². The van der Waals surface area contributed by atoms with Crippen LogP contribution in [0.25, 0.3) is 0 Å². The number of hydrogen-bond acceptors (Lipinski definition) is 3. The Kier molecular flexibility index (Phi) is 2.74. The number of ether oxygens (including phenoxy) is 1. The van der Waals surface area contributed by atoms with Crippen LogP contribution in [0.1, 0.15) is 33.1 Å². The van der Waals surface area contributed by atoms with Crippen molar-refractivity contribution in [1.82, 2.24) is 0 Å². The first kappa shape index (κ1) is 10.2. The Morgan fingerprint density at radius 3 is 2.69 bits per heavy atom. The maximum atomic E-state index is 11.6. The fourth-order valence-electron chi connectivity index (χ4n) is 1.76. The van der Waals surface area contributed by atoms with Crippen LogP contribution in [0.2, 0.25) is 0 Å². The molecule has 13 heavy (non-hydrogen) atoms. The van der Waals surface area contributed by atoms with Gasteiger partial charge < -0.3 is 4.74 Å². The van der Waals surface area contributed by atoms with Crippen LogP contribution < -0.4 is 0 Å². The number of ketones is 1. The van der Waals surface area contributed by atoms with E-state index in [1.807, 2.05) is 6.92 Å². The zero-order valence-electron chi connectivity index (χ0n) is 8.42. The number of carbonyl (C=O) groups is 2. The first-order chi connectivity index (χ1) is 6.00. The maximum absolute atomic E-state index is 11.6. The summed E-state index contributed by atoms with van der Waals surface area (Å²) >= 11 is 0. The van der Waals surface area contributed by atoms with Crippen molar-refractivity contribution in [2.75, 3.05) is 7.11 Å². The SMILES string of the molecule is COC(=O)C1(C)CCC(C)CC1=O. The molecular formula is C10H16O3. The number of rotatable bonds is 1. The van der Waals surface area contributed by atoms with Crippen molar-refractivity contribution >= 4 is 11.8 Å². The highest BCUT2D eigenvalue weighted by Gasteiger charge is 2.44. The fraction of sp³-hybridized carbons (Fsp3) is 0.800. The highest BCUT2D eigenvalue weighted by Crippen LogP contribution is 2.36. The molecule has 0 radical (unpaired) electrons. The number of carbonyl (C=O) groups excluding carboxylic acids is 2. The number of hydrogen-bond donors (Lipinski definition) is 0. The van der Waals surface area contributed by atoms with Crippen LogP contribution in [-0.2, 0) is 14.3 Å². The molecule has 2 unspecified atom stereocenters. The van der Waals surface area contributed by atoms with Crippen molar-refractivity contribution < 1.29 is 14.3 Å². The van der Waals surface area contributed by atoms with E-state index < -0.39 is 5.41 Å². The van der Waals surface area contributed by atoms with E-state index in [1.54, 1.807) is 6.92 Å². The van der Waals surface area contributed by atoms with Crippen LogP contribution >= 0.6 is 0 Å². The van der Waals surface area contributed by atoms with Crippen LogP contribution in [0.15, 0.2) is 0 Å². The Hall–Kier alpha value is -0.860. The number of esters is 1. The monoisotopic (exact) mass is 184 g/mol. The summed E-state index contributed by atoms with van der Waals surface area (Å²) in [5, 5.41) is 0. The summed E-state index contributed by atoms with van der Waals surface area (Å²) in [7, 11) is 1.33. The van der Waals surface area contributed by atoms with E-state index in [-0.39, 0.29) is 11.8 Å². The quantitative estimate of drug-likeness (QED) is 0.458. The van der Waals surface area contributed by atoms with Crippen molar-refractivity contribution in [2.24, 2.45) is 11.3 Å². The maximum Gasteiger partial charge on any atom is 0.319 e. The van der Waals surface area contributed by atoms with Gasteiger partial charge in [0.1, 0.15) is 11.2 Å². The van der Waals surface area contributed by atoms with Gasteiger partial charge in [-0.25, -0.2) is 0 Å². The molecule has 0 bridgehead atoms. The van der Waals surface area contributed by atoms with E-state index >= 15 is 0 Å². The highest BCUT2D eigenvalue weighted by molar-refractivity contribution is 6.03. The third-order valence-corrected chi connectivity index (χ3v) is 2.92. The molecule has 0 N–H and O–H groups in total. The summed E-state index contributed by atoms with van der Waals surface area (Å²) < 4.78 is 4.64. The van der Waals surface area contributed by atoms with Crippen LogP contribution in [0.3, 0.4) is 0 Å². The molecule has 0 saturated heterocycles. The molecule has 3 nitrogen and oxygen atoms in total. The van der Waals surface area contributed by atoms with Gasteiger partial charge in [0.05, 0.1) is 7.11 Å². The van der Waals surface area contributed by atoms with Crippen LogP contribution in [-0.4, -0.2) is 18.9 Å². The van der Waals surface area contributed by atoms with Gasteiger partial charge in [-0.05, 0) is 25.7 Å². The molecule has 1 aliphatic carbocycles. The van der Waals surface area contributed by atoms with Crippen molar-refractivity contribution in [1.29, 1.82) is 0 Å². The Bertz CT molecular complexity index is 234. The standard InChI is InChI=1S/C10H16O3/c1-7-4-5-10(2,8(11)6-7)9(12)13-3/h7H,4-6H2,1-3H3. The summed E-state index contributed by atoms with van der Waals surface area (Å²) in [5.41, 5.74) is -0.874. The largest absolute Gasteiger partial charge is 0.468 e. The van der Waals surface area contributed by atoms with Gasteiger partial charge in [-0.15, -0.1) is 0 Å². The molecule has 0 spiro atoms. The van der Waals surface area contributed by atoms with Crippen LogP contribution in [0.4, 0.5) is 0 Å². The van der Waals surface area contributed by atoms with Gasteiger partial charge in [0.25, 0.3) is 0 Å². The second-order valence-corrected chi connectivity index (χ2v) is 4.09. The minimum atomic E-state index is -0.874. The second kappa shape index (κ2) is 3.48. The Balaban J connectivity index is 2.79. The van der Waals surface area contributed by atoms with Crippen molar-refractivity contribution in [3.05, 3.63) is 0 Å². The van der Waals surface area contributed by atoms with Gasteiger partial charge in [-0.2, -0.15) is 0 Å². The van der Waals surface area contributed by atoms with Gasteiger partial charge in [0.15, 0.2) is 0 Å². The smallest absolute Gasteiger partial charge is 0.319 e. The van der Waals surface area contributed by atoms with Crippen molar-refractivity contribution in [2.45, 2.75) is 33.1 Å². The van der Waals surface area contributed by atoms with Gasteiger partial charge in [-0.3, -0.25) is 9.59 Å². The molecule has 74 valence electrons. The summed E-state index contributed by atoms with van der Waals surface area (Å²) in [6, 6.07) is 0. The highest BCUT2D eigenvalue weighted by atomic mass is 16.5. The molecule has 0 aromatic rings. The predicted octanol–water partition coefficient (Wildman–Crippen LogP) is 1.55. The first-order valence-corrected chi connectivity index (χ1v) is 4.62. The van der Waals surface area contributed by atoms with Gasteiger partial charge in [0.2, 0.25) is 0 Å². The fourth-order valence-corrected chi connectivity index (χ4v) is 1.76. The van der Waals surface area contributed by atoms with Crippen LogP contribution in [0.5, 0.6) is 0 Å². The van der Waals surface area contributed by atoms with Crippen molar-refractivity contribution in [3.8, 4) is 0 Å². The molecule has 0 aromatic carbocycles. The average Bonchev–Trinajstić information content (AvgIpc) is 2.11. The van der Waals surface area contributed by atoms with E-state index in [0.717, 1.165) is 6.42 Å². The lowest BCUT2D eigenvalue weighted by atomic mass is 9.71. The third-order valence-electron chi connectivity index (χ3n) is 2.92. The molecule has 1 fully saturated rings. The zero-order valence-corrected chi connectivity index (χ0v) is 8.42. The van der Waals surface area contributed by atoms with E-state index in [4.69, 9.17) is 0 Å². The molecular weight excluding hydrogens is 168 g/mol. The minimum absolute atomic E-state index is 0.0260. The molecule has 3 heteroatoms. The molecule has 0 amide bonds. The molecule has 0 aliphatic heterocycles. The molecule has 1 aliphatic rings. The number of methoxy groups -OCH3 is 1.